The molecule has 0 aliphatic carbocycles. The molecule has 2 aromatic carbocycles. The summed E-state index contributed by atoms with van der Waals surface area (Å²) in [4.78, 5) is 6.42. The van der Waals surface area contributed by atoms with Gasteiger partial charge >= 0.3 is 6.01 Å². The molecule has 5 rings (SSSR count). The summed E-state index contributed by atoms with van der Waals surface area (Å²) >= 11 is 0. The van der Waals surface area contributed by atoms with E-state index in [4.69, 9.17) is 13.9 Å². The first-order chi connectivity index (χ1) is 16.2. The summed E-state index contributed by atoms with van der Waals surface area (Å²) in [5, 5.41) is 15.0. The van der Waals surface area contributed by atoms with Crippen molar-refractivity contribution in [1.29, 1.82) is 0 Å². The normalized spacial score (nSPS) is 12.3. The summed E-state index contributed by atoms with van der Waals surface area (Å²) in [7, 11) is 4.00. The second-order valence-corrected chi connectivity index (χ2v) is 7.69. The Morgan fingerprint density at radius 2 is 1.82 bits per heavy atom. The number of pyridine rings is 1. The summed E-state index contributed by atoms with van der Waals surface area (Å²) in [5.41, 5.74) is 4.44. The number of anilines is 4. The minimum absolute atomic E-state index is 0.286. The molecule has 0 saturated carbocycles. The Labute approximate surface area is 191 Å². The van der Waals surface area contributed by atoms with Crippen molar-refractivity contribution in [3.8, 4) is 23.0 Å². The van der Waals surface area contributed by atoms with Gasteiger partial charge in [0.15, 0.2) is 11.5 Å². The number of benzene rings is 2. The maximum atomic E-state index is 5.94. The van der Waals surface area contributed by atoms with Gasteiger partial charge in [0.1, 0.15) is 13.2 Å². The molecular weight excluding hydrogens is 420 g/mol. The summed E-state index contributed by atoms with van der Waals surface area (Å²) in [6, 6.07) is 17.7. The quantitative estimate of drug-likeness (QED) is 0.432. The number of fused-ring (bicyclic) bond motifs is 1. The Hall–Kier alpha value is -4.27. The van der Waals surface area contributed by atoms with Crippen molar-refractivity contribution in [3.05, 3.63) is 66.5 Å². The molecule has 2 N–H and O–H groups in total. The van der Waals surface area contributed by atoms with E-state index in [2.05, 4.69) is 31.9 Å². The molecule has 0 radical (unpaired) electrons. The highest BCUT2D eigenvalue weighted by atomic mass is 16.6. The molecule has 0 atom stereocenters. The number of ether oxygens (including phenoxy) is 2. The van der Waals surface area contributed by atoms with Crippen molar-refractivity contribution in [1.82, 2.24) is 15.2 Å². The summed E-state index contributed by atoms with van der Waals surface area (Å²) < 4.78 is 17.1. The molecule has 168 valence electrons. The molecule has 9 heteroatoms. The zero-order valence-corrected chi connectivity index (χ0v) is 18.4. The molecule has 2 aromatic heterocycles. The topological polar surface area (TPSA) is 97.6 Å². The largest absolute Gasteiger partial charge is 0.486 e. The molecule has 0 saturated heterocycles. The monoisotopic (exact) mass is 444 g/mol. The van der Waals surface area contributed by atoms with Crippen molar-refractivity contribution in [2.24, 2.45) is 0 Å². The smallest absolute Gasteiger partial charge is 0.320 e. The molecule has 0 unspecified atom stereocenters. The molecule has 0 bridgehead atoms. The Kier molecular flexibility index (Phi) is 5.67. The van der Waals surface area contributed by atoms with Crippen LogP contribution in [0.4, 0.5) is 23.1 Å². The van der Waals surface area contributed by atoms with Crippen molar-refractivity contribution in [2.45, 2.75) is 6.54 Å². The molecule has 0 fully saturated rings. The van der Waals surface area contributed by atoms with Crippen LogP contribution >= 0.6 is 0 Å². The second kappa shape index (κ2) is 9.07. The molecule has 1 aliphatic rings. The van der Waals surface area contributed by atoms with Gasteiger partial charge in [-0.05, 0) is 42.5 Å². The Bertz CT molecular complexity index is 1240. The number of nitrogens with one attached hydrogen (secondary N) is 2. The van der Waals surface area contributed by atoms with E-state index in [1.54, 1.807) is 6.20 Å². The average molecular weight is 444 g/mol. The minimum atomic E-state index is 0.286. The van der Waals surface area contributed by atoms with Gasteiger partial charge in [-0.25, -0.2) is 0 Å². The van der Waals surface area contributed by atoms with Crippen LogP contribution in [0.5, 0.6) is 11.5 Å². The lowest BCUT2D eigenvalue weighted by Crippen LogP contribution is -2.15. The van der Waals surface area contributed by atoms with Crippen LogP contribution in [0.25, 0.3) is 11.5 Å². The summed E-state index contributed by atoms with van der Waals surface area (Å²) in [6.45, 7) is 1.65. The van der Waals surface area contributed by atoms with E-state index in [9.17, 15) is 0 Å². The fourth-order valence-electron chi connectivity index (χ4n) is 3.46. The minimum Gasteiger partial charge on any atom is -0.486 e. The molecule has 3 heterocycles. The first kappa shape index (κ1) is 20.6. The average Bonchev–Trinajstić information content (AvgIpc) is 3.31. The van der Waals surface area contributed by atoms with Crippen LogP contribution in [0.2, 0.25) is 0 Å². The van der Waals surface area contributed by atoms with Crippen LogP contribution in [-0.2, 0) is 6.54 Å². The number of hydrogen-bond donors (Lipinski definition) is 2. The summed E-state index contributed by atoms with van der Waals surface area (Å²) in [6.07, 6.45) is 1.78. The van der Waals surface area contributed by atoms with Gasteiger partial charge < -0.3 is 29.4 Å². The van der Waals surface area contributed by atoms with Crippen molar-refractivity contribution in [3.63, 3.8) is 0 Å². The van der Waals surface area contributed by atoms with Gasteiger partial charge in [-0.1, -0.05) is 11.2 Å². The van der Waals surface area contributed by atoms with Gasteiger partial charge in [-0.2, -0.15) is 0 Å². The fraction of sp³-hybridized carbons (Fsp3) is 0.208. The summed E-state index contributed by atoms with van der Waals surface area (Å²) in [5.74, 6) is 1.82. The predicted molar refractivity (Wildman–Crippen MR) is 126 cm³/mol. The van der Waals surface area contributed by atoms with Gasteiger partial charge in [-0.3, -0.25) is 4.98 Å². The second-order valence-electron chi connectivity index (χ2n) is 7.69. The first-order valence-electron chi connectivity index (χ1n) is 10.6. The zero-order valence-electron chi connectivity index (χ0n) is 18.4. The van der Waals surface area contributed by atoms with Gasteiger partial charge in [0.2, 0.25) is 0 Å². The SMILES string of the molecule is CN(C)c1ccc(-c2nnc(Nc3ccc4c(c3)OCCO4)o2)c(NCc2ccccn2)c1. The number of aromatic nitrogens is 3. The molecular formula is C24H24N6O3. The van der Waals surface area contributed by atoms with E-state index in [-0.39, 0.29) is 6.01 Å². The van der Waals surface area contributed by atoms with Crippen molar-refractivity contribution >= 4 is 23.1 Å². The maximum Gasteiger partial charge on any atom is 0.320 e. The highest BCUT2D eigenvalue weighted by Gasteiger charge is 2.16. The zero-order chi connectivity index (χ0) is 22.6. The highest BCUT2D eigenvalue weighted by Crippen LogP contribution is 2.35. The van der Waals surface area contributed by atoms with E-state index >= 15 is 0 Å². The van der Waals surface area contributed by atoms with Gasteiger partial charge in [0.05, 0.1) is 17.8 Å². The van der Waals surface area contributed by atoms with Gasteiger partial charge in [0.25, 0.3) is 5.89 Å². The number of hydrogen-bond acceptors (Lipinski definition) is 9. The first-order valence-corrected chi connectivity index (χ1v) is 10.6. The van der Waals surface area contributed by atoms with E-state index in [0.717, 1.165) is 34.1 Å². The van der Waals surface area contributed by atoms with Crippen molar-refractivity contribution < 1.29 is 13.9 Å². The molecule has 1 aliphatic heterocycles. The lowest BCUT2D eigenvalue weighted by molar-refractivity contribution is 0.171. The standard InChI is InChI=1S/C24H24N6O3/c1-30(2)18-7-8-19(20(14-18)26-15-17-5-3-4-10-25-17)23-28-29-24(33-23)27-16-6-9-21-22(13-16)32-12-11-31-21/h3-10,13-14,26H,11-12,15H2,1-2H3,(H,27,29). The third kappa shape index (κ3) is 4.67. The third-order valence-corrected chi connectivity index (χ3v) is 5.15. The molecule has 0 amide bonds. The van der Waals surface area contributed by atoms with E-state index < -0.39 is 0 Å². The highest BCUT2D eigenvalue weighted by molar-refractivity contribution is 5.77. The Balaban J connectivity index is 1.38. The van der Waals surface area contributed by atoms with E-state index in [0.29, 0.717) is 31.4 Å². The van der Waals surface area contributed by atoms with Crippen LogP contribution in [0.15, 0.2) is 65.2 Å². The lowest BCUT2D eigenvalue weighted by atomic mass is 10.1. The van der Waals surface area contributed by atoms with Gasteiger partial charge in [0, 0.05) is 43.4 Å². The Morgan fingerprint density at radius 1 is 0.939 bits per heavy atom. The lowest BCUT2D eigenvalue weighted by Gasteiger charge is -2.18. The van der Waals surface area contributed by atoms with Crippen LogP contribution in [0.1, 0.15) is 5.69 Å². The predicted octanol–water partition coefficient (Wildman–Crippen LogP) is 4.32. The number of nitrogens with zero attached hydrogens (tertiary/aromatic N) is 4. The molecule has 9 nitrogen and oxygen atoms in total. The van der Waals surface area contributed by atoms with Gasteiger partial charge in [-0.15, -0.1) is 5.10 Å². The van der Waals surface area contributed by atoms with Crippen LogP contribution in [0.3, 0.4) is 0 Å². The maximum absolute atomic E-state index is 5.94. The van der Waals surface area contributed by atoms with Crippen molar-refractivity contribution in [2.75, 3.05) is 42.8 Å². The van der Waals surface area contributed by atoms with Crippen LogP contribution in [0, 0.1) is 0 Å². The fourth-order valence-corrected chi connectivity index (χ4v) is 3.46. The van der Waals surface area contributed by atoms with Crippen LogP contribution in [-0.4, -0.2) is 42.5 Å². The molecule has 0 spiro atoms. The Morgan fingerprint density at radius 3 is 2.64 bits per heavy atom. The molecule has 4 aromatic rings. The van der Waals surface area contributed by atoms with E-state index in [1.807, 2.05) is 67.5 Å². The van der Waals surface area contributed by atoms with Crippen LogP contribution < -0.4 is 25.0 Å². The third-order valence-electron chi connectivity index (χ3n) is 5.15. The number of rotatable bonds is 7. The molecule has 33 heavy (non-hydrogen) atoms. The van der Waals surface area contributed by atoms with E-state index in [1.165, 1.54) is 0 Å².